The second-order valence-corrected chi connectivity index (χ2v) is 7.22. The van der Waals surface area contributed by atoms with Crippen molar-refractivity contribution in [1.29, 1.82) is 5.41 Å². The van der Waals surface area contributed by atoms with Crippen LogP contribution in [0.25, 0.3) is 33.2 Å². The second kappa shape index (κ2) is 7.35. The zero-order valence-corrected chi connectivity index (χ0v) is 16.4. The minimum Gasteiger partial charge on any atom is -0.454 e. The van der Waals surface area contributed by atoms with Crippen molar-refractivity contribution in [3.63, 3.8) is 0 Å². The van der Waals surface area contributed by atoms with Crippen LogP contribution >= 0.6 is 0 Å². The molecule has 3 heteroatoms. The molecule has 1 N–H and O–H groups in total. The Morgan fingerprint density at radius 2 is 1.60 bits per heavy atom. The van der Waals surface area contributed by atoms with Gasteiger partial charge in [-0.1, -0.05) is 54.3 Å². The van der Waals surface area contributed by atoms with Crippen LogP contribution in [0.3, 0.4) is 0 Å². The molecule has 0 aliphatic rings. The summed E-state index contributed by atoms with van der Waals surface area (Å²) >= 11 is 0. The molecule has 142 valence electrons. The van der Waals surface area contributed by atoms with Gasteiger partial charge in [-0.05, 0) is 48.2 Å². The molecule has 0 unspecified atom stereocenters. The lowest BCUT2D eigenvalue weighted by Crippen LogP contribution is -2.02. The normalized spacial score (nSPS) is 10.7. The zero-order chi connectivity index (χ0) is 20.5. The first kappa shape index (κ1) is 17.9. The summed E-state index contributed by atoms with van der Waals surface area (Å²) < 4.78 is 6.18. The Morgan fingerprint density at radius 1 is 0.833 bits per heavy atom. The highest BCUT2D eigenvalue weighted by Crippen LogP contribution is 2.25. The molecule has 0 fully saturated rings. The number of nitrogens with zero attached hydrogens (tertiary/aromatic N) is 1. The molecule has 5 aromatic rings. The fraction of sp³-hybridized carbons (Fsp3) is 0.0370. The van der Waals surface area contributed by atoms with E-state index in [0.29, 0.717) is 22.4 Å². The number of rotatable bonds is 1. The van der Waals surface area contributed by atoms with Crippen LogP contribution in [0.15, 0.2) is 89.5 Å². The summed E-state index contributed by atoms with van der Waals surface area (Å²) in [6.45, 7) is 2.01. The van der Waals surface area contributed by atoms with Crippen LogP contribution in [-0.4, -0.2) is 4.98 Å². The molecule has 0 aliphatic heterocycles. The monoisotopic (exact) mass is 386 g/mol. The first-order valence-electron chi connectivity index (χ1n) is 9.73. The van der Waals surface area contributed by atoms with Gasteiger partial charge in [-0.3, -0.25) is 10.4 Å². The highest BCUT2D eigenvalue weighted by molar-refractivity contribution is 5.85. The Kier molecular flexibility index (Phi) is 4.38. The summed E-state index contributed by atoms with van der Waals surface area (Å²) in [5, 5.41) is 11.8. The van der Waals surface area contributed by atoms with Crippen molar-refractivity contribution in [2.45, 2.75) is 6.92 Å². The average molecular weight is 386 g/mol. The topological polar surface area (TPSA) is 49.9 Å². The van der Waals surface area contributed by atoms with Gasteiger partial charge in [-0.25, -0.2) is 0 Å². The third kappa shape index (κ3) is 3.36. The van der Waals surface area contributed by atoms with E-state index in [0.717, 1.165) is 32.8 Å². The lowest BCUT2D eigenvalue weighted by Gasteiger charge is -2.07. The van der Waals surface area contributed by atoms with E-state index in [2.05, 4.69) is 16.8 Å². The van der Waals surface area contributed by atoms with Gasteiger partial charge in [-0.2, -0.15) is 0 Å². The number of pyridine rings is 1. The van der Waals surface area contributed by atoms with Crippen LogP contribution in [-0.2, 0) is 0 Å². The van der Waals surface area contributed by atoms with Crippen LogP contribution in [0.2, 0.25) is 0 Å². The van der Waals surface area contributed by atoms with Gasteiger partial charge in [0.2, 0.25) is 0 Å². The lowest BCUT2D eigenvalue weighted by molar-refractivity contribution is 0.615. The SMILES string of the molecule is Cc1cc2c(=N)cc(-c3cc4ccccc4cn3)oc2cc1C#Cc1ccccc1. The fourth-order valence-electron chi connectivity index (χ4n) is 3.48. The Hall–Kier alpha value is -4.16. The first-order valence-corrected chi connectivity index (χ1v) is 9.73. The van der Waals surface area contributed by atoms with E-state index >= 15 is 0 Å². The summed E-state index contributed by atoms with van der Waals surface area (Å²) in [4.78, 5) is 4.54. The maximum Gasteiger partial charge on any atom is 0.155 e. The van der Waals surface area contributed by atoms with Crippen LogP contribution in [0, 0.1) is 24.2 Å². The number of hydrogen-bond acceptors (Lipinski definition) is 3. The van der Waals surface area contributed by atoms with Crippen LogP contribution in [0.5, 0.6) is 0 Å². The smallest absolute Gasteiger partial charge is 0.155 e. The van der Waals surface area contributed by atoms with Gasteiger partial charge >= 0.3 is 0 Å². The number of benzene rings is 3. The molecule has 0 bridgehead atoms. The van der Waals surface area contributed by atoms with Crippen LogP contribution in [0.4, 0.5) is 0 Å². The van der Waals surface area contributed by atoms with Gasteiger partial charge in [-0.15, -0.1) is 0 Å². The molecule has 3 nitrogen and oxygen atoms in total. The molecule has 3 aromatic carbocycles. The predicted octanol–water partition coefficient (Wildman–Crippen LogP) is 5.84. The molecule has 0 radical (unpaired) electrons. The third-order valence-electron chi connectivity index (χ3n) is 5.11. The van der Waals surface area contributed by atoms with Crippen LogP contribution in [0.1, 0.15) is 16.7 Å². The largest absolute Gasteiger partial charge is 0.454 e. The van der Waals surface area contributed by atoms with E-state index in [1.807, 2.05) is 85.9 Å². The Labute approximate surface area is 174 Å². The highest BCUT2D eigenvalue weighted by atomic mass is 16.3. The van der Waals surface area contributed by atoms with Gasteiger partial charge in [0.25, 0.3) is 0 Å². The molecular formula is C27H18N2O. The Balaban J connectivity index is 1.64. The molecule has 2 aromatic heterocycles. The Bertz CT molecular complexity index is 1520. The van der Waals surface area contributed by atoms with Gasteiger partial charge in [0.05, 0.1) is 5.36 Å². The van der Waals surface area contributed by atoms with E-state index in [1.165, 1.54) is 0 Å². The molecule has 0 saturated carbocycles. The maximum absolute atomic E-state index is 8.50. The summed E-state index contributed by atoms with van der Waals surface area (Å²) in [7, 11) is 0. The Morgan fingerprint density at radius 3 is 2.43 bits per heavy atom. The van der Waals surface area contributed by atoms with E-state index < -0.39 is 0 Å². The molecule has 0 saturated heterocycles. The van der Waals surface area contributed by atoms with Crippen LogP contribution < -0.4 is 5.36 Å². The van der Waals surface area contributed by atoms with Crippen molar-refractivity contribution in [2.75, 3.05) is 0 Å². The third-order valence-corrected chi connectivity index (χ3v) is 5.11. The van der Waals surface area contributed by atoms with Crippen molar-refractivity contribution in [3.05, 3.63) is 107 Å². The van der Waals surface area contributed by atoms with E-state index in [4.69, 9.17) is 9.83 Å². The first-order chi connectivity index (χ1) is 14.7. The van der Waals surface area contributed by atoms with Gasteiger partial charge in [0.1, 0.15) is 11.3 Å². The summed E-state index contributed by atoms with van der Waals surface area (Å²) in [6.07, 6.45) is 1.83. The zero-order valence-electron chi connectivity index (χ0n) is 16.4. The van der Waals surface area contributed by atoms with Gasteiger partial charge in [0, 0.05) is 34.2 Å². The van der Waals surface area contributed by atoms with E-state index in [1.54, 1.807) is 6.07 Å². The molecule has 2 heterocycles. The molecule has 30 heavy (non-hydrogen) atoms. The minimum absolute atomic E-state index is 0.409. The number of aryl methyl sites for hydroxylation is 1. The summed E-state index contributed by atoms with van der Waals surface area (Å²) in [5.74, 6) is 7.01. The predicted molar refractivity (Wildman–Crippen MR) is 120 cm³/mol. The van der Waals surface area contributed by atoms with E-state index in [9.17, 15) is 0 Å². The number of nitrogens with one attached hydrogen (secondary N) is 1. The standard InChI is InChI=1S/C27H18N2O/c1-18-13-23-24(28)16-27(25-14-21-9-5-6-10-22(21)17-29-25)30-26(23)15-20(18)12-11-19-7-3-2-4-8-19/h2-10,13-17,28H,1H3. The number of aromatic nitrogens is 1. The van der Waals surface area contributed by atoms with Gasteiger partial charge in [0.15, 0.2) is 5.76 Å². The van der Waals surface area contributed by atoms with Crippen molar-refractivity contribution in [1.82, 2.24) is 4.98 Å². The fourth-order valence-corrected chi connectivity index (χ4v) is 3.48. The van der Waals surface area contributed by atoms with Gasteiger partial charge < -0.3 is 4.42 Å². The number of fused-ring (bicyclic) bond motifs is 2. The quantitative estimate of drug-likeness (QED) is 0.368. The number of hydrogen-bond donors (Lipinski definition) is 1. The molecular weight excluding hydrogens is 368 g/mol. The molecule has 5 rings (SSSR count). The van der Waals surface area contributed by atoms with Crippen molar-refractivity contribution < 1.29 is 4.42 Å². The van der Waals surface area contributed by atoms with Crippen molar-refractivity contribution in [3.8, 4) is 23.3 Å². The summed E-state index contributed by atoms with van der Waals surface area (Å²) in [6, 6.07) is 25.6. The highest BCUT2D eigenvalue weighted by Gasteiger charge is 2.09. The summed E-state index contributed by atoms with van der Waals surface area (Å²) in [5.41, 5.74) is 4.21. The molecule has 0 atom stereocenters. The minimum atomic E-state index is 0.409. The lowest BCUT2D eigenvalue weighted by atomic mass is 10.0. The van der Waals surface area contributed by atoms with E-state index in [-0.39, 0.29) is 0 Å². The molecule has 0 amide bonds. The molecule has 0 aliphatic carbocycles. The maximum atomic E-state index is 8.50. The second-order valence-electron chi connectivity index (χ2n) is 7.22. The van der Waals surface area contributed by atoms with Crippen molar-refractivity contribution >= 4 is 21.7 Å². The molecule has 0 spiro atoms. The van der Waals surface area contributed by atoms with Crippen molar-refractivity contribution in [2.24, 2.45) is 0 Å². The average Bonchev–Trinajstić information content (AvgIpc) is 2.78.